The number of rotatable bonds is 4. The third-order valence-corrected chi connectivity index (χ3v) is 3.60. The van der Waals surface area contributed by atoms with Gasteiger partial charge in [0.15, 0.2) is 6.33 Å². The van der Waals surface area contributed by atoms with Gasteiger partial charge in [0.2, 0.25) is 5.89 Å². The van der Waals surface area contributed by atoms with Gasteiger partial charge in [0.1, 0.15) is 0 Å². The molecule has 6 heteroatoms. The third kappa shape index (κ3) is 2.65. The molecule has 0 saturated heterocycles. The number of fused-ring (bicyclic) bond motifs is 1. The van der Waals surface area contributed by atoms with Crippen molar-refractivity contribution in [1.29, 1.82) is 0 Å². The topological polar surface area (TPSA) is 83.8 Å². The van der Waals surface area contributed by atoms with E-state index in [1.165, 1.54) is 11.9 Å². The molecule has 2 aromatic heterocycles. The fourth-order valence-corrected chi connectivity index (χ4v) is 2.29. The van der Waals surface area contributed by atoms with Crippen LogP contribution in [-0.4, -0.2) is 27.6 Å². The van der Waals surface area contributed by atoms with Crippen molar-refractivity contribution in [1.82, 2.24) is 20.4 Å². The van der Waals surface area contributed by atoms with Crippen molar-refractivity contribution in [2.45, 2.75) is 20.3 Å². The number of nitrogens with zero attached hydrogens (tertiary/aromatic N) is 2. The van der Waals surface area contributed by atoms with E-state index in [1.54, 1.807) is 0 Å². The molecule has 3 rings (SSSR count). The first-order chi connectivity index (χ1) is 10.1. The van der Waals surface area contributed by atoms with E-state index in [0.717, 1.165) is 16.6 Å². The summed E-state index contributed by atoms with van der Waals surface area (Å²) in [4.78, 5) is 19.4. The third-order valence-electron chi connectivity index (χ3n) is 3.60. The molecule has 0 aliphatic carbocycles. The number of hydrogen-bond acceptors (Lipinski definition) is 4. The van der Waals surface area contributed by atoms with Crippen LogP contribution in [0.4, 0.5) is 0 Å². The van der Waals surface area contributed by atoms with E-state index >= 15 is 0 Å². The summed E-state index contributed by atoms with van der Waals surface area (Å²) in [5.74, 6) is 0.414. The highest BCUT2D eigenvalue weighted by atomic mass is 16.5. The van der Waals surface area contributed by atoms with Gasteiger partial charge in [0.05, 0.1) is 0 Å². The SMILES string of the molecule is Cc1[nH]c2ccc(C(=O)NCCc3ncno3)cc2c1C. The van der Waals surface area contributed by atoms with Crippen LogP contribution in [0.2, 0.25) is 0 Å². The van der Waals surface area contributed by atoms with Gasteiger partial charge in [-0.3, -0.25) is 4.79 Å². The van der Waals surface area contributed by atoms with E-state index in [4.69, 9.17) is 4.52 Å². The van der Waals surface area contributed by atoms with E-state index in [9.17, 15) is 4.79 Å². The van der Waals surface area contributed by atoms with Crippen LogP contribution in [0, 0.1) is 13.8 Å². The zero-order valence-electron chi connectivity index (χ0n) is 11.9. The van der Waals surface area contributed by atoms with Gasteiger partial charge in [-0.15, -0.1) is 0 Å². The lowest BCUT2D eigenvalue weighted by atomic mass is 10.1. The molecular formula is C15H16N4O2. The van der Waals surface area contributed by atoms with Crippen LogP contribution < -0.4 is 5.32 Å². The normalized spacial score (nSPS) is 11.0. The minimum absolute atomic E-state index is 0.102. The molecule has 3 aromatic rings. The first-order valence-electron chi connectivity index (χ1n) is 6.78. The predicted molar refractivity (Wildman–Crippen MR) is 78.1 cm³/mol. The second-order valence-electron chi connectivity index (χ2n) is 4.98. The molecule has 0 spiro atoms. The van der Waals surface area contributed by atoms with Crippen LogP contribution in [0.1, 0.15) is 27.5 Å². The Bertz CT molecular complexity index is 774. The number of aryl methyl sites for hydroxylation is 2. The maximum atomic E-state index is 12.1. The van der Waals surface area contributed by atoms with Crippen molar-refractivity contribution in [3.8, 4) is 0 Å². The Hall–Kier alpha value is -2.63. The summed E-state index contributed by atoms with van der Waals surface area (Å²) >= 11 is 0. The summed E-state index contributed by atoms with van der Waals surface area (Å²) in [7, 11) is 0. The minimum Gasteiger partial charge on any atom is -0.358 e. The quantitative estimate of drug-likeness (QED) is 0.768. The van der Waals surface area contributed by atoms with E-state index in [0.29, 0.717) is 24.4 Å². The summed E-state index contributed by atoms with van der Waals surface area (Å²) in [6.45, 7) is 4.54. The first kappa shape index (κ1) is 13.4. The van der Waals surface area contributed by atoms with Crippen LogP contribution in [0.15, 0.2) is 29.0 Å². The number of carbonyl (C=O) groups is 1. The molecule has 6 nitrogen and oxygen atoms in total. The Balaban J connectivity index is 1.70. The highest BCUT2D eigenvalue weighted by molar-refractivity contribution is 5.99. The van der Waals surface area contributed by atoms with E-state index < -0.39 is 0 Å². The van der Waals surface area contributed by atoms with Gasteiger partial charge in [-0.2, -0.15) is 4.98 Å². The second kappa shape index (κ2) is 5.40. The van der Waals surface area contributed by atoms with Gasteiger partial charge in [-0.25, -0.2) is 0 Å². The molecule has 0 aliphatic rings. The van der Waals surface area contributed by atoms with Crippen LogP contribution in [0.3, 0.4) is 0 Å². The van der Waals surface area contributed by atoms with E-state index in [2.05, 4.69) is 20.4 Å². The van der Waals surface area contributed by atoms with Crippen LogP contribution in [-0.2, 0) is 6.42 Å². The highest BCUT2D eigenvalue weighted by Crippen LogP contribution is 2.22. The van der Waals surface area contributed by atoms with Gasteiger partial charge in [0, 0.05) is 35.1 Å². The molecule has 2 heterocycles. The molecule has 0 aliphatic heterocycles. The van der Waals surface area contributed by atoms with Crippen molar-refractivity contribution < 1.29 is 9.32 Å². The molecule has 1 amide bonds. The summed E-state index contributed by atoms with van der Waals surface area (Å²) in [5, 5.41) is 7.45. The molecule has 21 heavy (non-hydrogen) atoms. The zero-order chi connectivity index (χ0) is 14.8. The van der Waals surface area contributed by atoms with Gasteiger partial charge >= 0.3 is 0 Å². The number of carbonyl (C=O) groups excluding carboxylic acids is 1. The van der Waals surface area contributed by atoms with Crippen molar-refractivity contribution in [2.75, 3.05) is 6.54 Å². The number of amides is 1. The monoisotopic (exact) mass is 284 g/mol. The van der Waals surface area contributed by atoms with Gasteiger partial charge < -0.3 is 14.8 Å². The average molecular weight is 284 g/mol. The molecule has 0 unspecified atom stereocenters. The maximum absolute atomic E-state index is 12.1. The molecule has 0 bridgehead atoms. The molecule has 2 N–H and O–H groups in total. The summed E-state index contributed by atoms with van der Waals surface area (Å²) in [6, 6.07) is 5.66. The number of benzene rings is 1. The number of aromatic nitrogens is 3. The highest BCUT2D eigenvalue weighted by Gasteiger charge is 2.10. The summed E-state index contributed by atoms with van der Waals surface area (Å²) in [5.41, 5.74) is 3.99. The Labute approximate surface area is 121 Å². The number of aromatic amines is 1. The second-order valence-corrected chi connectivity index (χ2v) is 4.98. The predicted octanol–water partition coefficient (Wildman–Crippen LogP) is 2.14. The Morgan fingerprint density at radius 3 is 3.00 bits per heavy atom. The van der Waals surface area contributed by atoms with Crippen LogP contribution >= 0.6 is 0 Å². The fraction of sp³-hybridized carbons (Fsp3) is 0.267. The van der Waals surface area contributed by atoms with Crippen molar-refractivity contribution in [3.05, 3.63) is 47.2 Å². The smallest absolute Gasteiger partial charge is 0.251 e. The number of hydrogen-bond donors (Lipinski definition) is 2. The van der Waals surface area contributed by atoms with Crippen molar-refractivity contribution in [3.63, 3.8) is 0 Å². The zero-order valence-corrected chi connectivity index (χ0v) is 11.9. The van der Waals surface area contributed by atoms with Gasteiger partial charge in [0.25, 0.3) is 5.91 Å². The minimum atomic E-state index is -0.102. The van der Waals surface area contributed by atoms with Crippen molar-refractivity contribution in [2.24, 2.45) is 0 Å². The Kier molecular flexibility index (Phi) is 3.43. The largest absolute Gasteiger partial charge is 0.358 e. The number of H-pyrrole nitrogens is 1. The molecule has 0 saturated carbocycles. The summed E-state index contributed by atoms with van der Waals surface area (Å²) in [6.07, 6.45) is 1.87. The number of nitrogens with one attached hydrogen (secondary N) is 2. The fourth-order valence-electron chi connectivity index (χ4n) is 2.29. The molecule has 108 valence electrons. The maximum Gasteiger partial charge on any atom is 0.251 e. The molecule has 1 aromatic carbocycles. The Morgan fingerprint density at radius 2 is 2.24 bits per heavy atom. The van der Waals surface area contributed by atoms with E-state index in [1.807, 2.05) is 32.0 Å². The average Bonchev–Trinajstić information content (AvgIpc) is 3.08. The first-order valence-corrected chi connectivity index (χ1v) is 6.78. The van der Waals surface area contributed by atoms with Gasteiger partial charge in [-0.1, -0.05) is 5.16 Å². The van der Waals surface area contributed by atoms with Gasteiger partial charge in [-0.05, 0) is 37.6 Å². The molecule has 0 fully saturated rings. The molecular weight excluding hydrogens is 268 g/mol. The standard InChI is InChI=1S/C15H16N4O2/c1-9-10(2)19-13-4-3-11(7-12(9)13)15(20)16-6-5-14-17-8-18-21-14/h3-4,7-8,19H,5-6H2,1-2H3,(H,16,20). The van der Waals surface area contributed by atoms with Crippen molar-refractivity contribution >= 4 is 16.8 Å². The Morgan fingerprint density at radius 1 is 1.38 bits per heavy atom. The lowest BCUT2D eigenvalue weighted by molar-refractivity contribution is 0.0953. The lowest BCUT2D eigenvalue weighted by Crippen LogP contribution is -2.25. The summed E-state index contributed by atoms with van der Waals surface area (Å²) < 4.78 is 4.88. The van der Waals surface area contributed by atoms with Crippen LogP contribution in [0.25, 0.3) is 10.9 Å². The molecule has 0 atom stereocenters. The van der Waals surface area contributed by atoms with Crippen LogP contribution in [0.5, 0.6) is 0 Å². The van der Waals surface area contributed by atoms with E-state index in [-0.39, 0.29) is 5.91 Å². The lowest BCUT2D eigenvalue weighted by Gasteiger charge is -2.04. The molecule has 0 radical (unpaired) electrons.